The lowest BCUT2D eigenvalue weighted by atomic mass is 10.0. The number of rotatable bonds is 39. The Kier molecular flexibility index (Phi) is 30.4. The van der Waals surface area contributed by atoms with Gasteiger partial charge in [-0.25, -0.2) is 0 Å². The molecule has 0 aliphatic rings. The molecular formula is C60H87N13O8. The van der Waals surface area contributed by atoms with Crippen LogP contribution in [0.1, 0.15) is 99.3 Å². The van der Waals surface area contributed by atoms with E-state index in [1.807, 2.05) is 42.5 Å². The average molecular weight is 1120 g/mol. The fourth-order valence-electron chi connectivity index (χ4n) is 9.11. The maximum atomic E-state index is 14.7. The predicted octanol–water partition coefficient (Wildman–Crippen LogP) is 0.679. The molecule has 0 heterocycles. The van der Waals surface area contributed by atoms with Gasteiger partial charge in [0.05, 0.1) is 6.04 Å². The van der Waals surface area contributed by atoms with Crippen LogP contribution >= 0.6 is 0 Å². The molecule has 0 saturated carbocycles. The first kappa shape index (κ1) is 66.0. The third kappa shape index (κ3) is 24.8. The molecular weight excluding hydrogens is 1030 g/mol. The van der Waals surface area contributed by atoms with Gasteiger partial charge in [-0.15, -0.1) is 0 Å². The third-order valence-electron chi connectivity index (χ3n) is 13.7. The molecule has 19 N–H and O–H groups in total. The standard InChI is InChI=1S/C60H87N13O8/c61-33-17-13-29-46(53(66)74)67-58(79)50(38-42-23-7-2-8-24-42)71-56(77)48(31-15-19-35-63)69-60(81)52(40-44-27-11-4-12-28-44)73-57(78)49(32-16-20-36-64)70-59(80)51(39-43-25-9-3-10-26-43)72-55(76)47(30-14-18-34-62)68-54(75)45(65)37-41-21-5-1-6-22-41/h1-12,21-28,45-52H,13-20,29-40,61-65H2,(H2,66,74)(H,67,79)(H,68,75)(H,69,81)(H,70,80)(H,71,77)(H,72,76)(H,73,78)/t45-,46-,47-,48-,49-,50-,51-,52-/m0/s1. The summed E-state index contributed by atoms with van der Waals surface area (Å²) in [5.74, 6) is -5.46. The second kappa shape index (κ2) is 37.4. The smallest absolute Gasteiger partial charge is 0.243 e. The maximum absolute atomic E-state index is 14.7. The van der Waals surface area contributed by atoms with Crippen molar-refractivity contribution in [3.8, 4) is 0 Å². The number of carbonyl (C=O) groups excluding carboxylic acids is 8. The van der Waals surface area contributed by atoms with Crippen molar-refractivity contribution < 1.29 is 38.4 Å². The van der Waals surface area contributed by atoms with E-state index in [9.17, 15) is 38.4 Å². The van der Waals surface area contributed by atoms with E-state index in [1.165, 1.54) is 0 Å². The third-order valence-corrected chi connectivity index (χ3v) is 13.7. The Morgan fingerprint density at radius 3 is 0.790 bits per heavy atom. The zero-order valence-electron chi connectivity index (χ0n) is 46.5. The lowest BCUT2D eigenvalue weighted by Crippen LogP contribution is -2.61. The van der Waals surface area contributed by atoms with Gasteiger partial charge < -0.3 is 71.6 Å². The van der Waals surface area contributed by atoms with Gasteiger partial charge in [0.25, 0.3) is 0 Å². The maximum Gasteiger partial charge on any atom is 0.243 e. The number of carbonyl (C=O) groups is 8. The molecule has 4 rings (SSSR count). The molecule has 0 fully saturated rings. The van der Waals surface area contributed by atoms with Crippen LogP contribution in [0, 0.1) is 0 Å². The molecule has 4 aromatic rings. The molecule has 8 atom stereocenters. The molecule has 8 amide bonds. The summed E-state index contributed by atoms with van der Waals surface area (Å²) in [6.45, 7) is 1.34. The molecule has 4 aromatic carbocycles. The summed E-state index contributed by atoms with van der Waals surface area (Å²) in [7, 11) is 0. The number of nitrogens with two attached hydrogens (primary N) is 6. The topological polar surface area (TPSA) is 377 Å². The lowest BCUT2D eigenvalue weighted by Gasteiger charge is -2.28. The summed E-state index contributed by atoms with van der Waals surface area (Å²) >= 11 is 0. The van der Waals surface area contributed by atoms with Gasteiger partial charge in [0.2, 0.25) is 47.3 Å². The van der Waals surface area contributed by atoms with Crippen LogP contribution in [-0.2, 0) is 64.0 Å². The van der Waals surface area contributed by atoms with Gasteiger partial charge in [-0.2, -0.15) is 0 Å². The fourth-order valence-corrected chi connectivity index (χ4v) is 9.11. The number of amides is 8. The van der Waals surface area contributed by atoms with E-state index in [-0.39, 0.29) is 51.4 Å². The number of hydrogen-bond donors (Lipinski definition) is 13. The second-order valence-electron chi connectivity index (χ2n) is 20.3. The minimum absolute atomic E-state index is 0.00751. The van der Waals surface area contributed by atoms with E-state index in [4.69, 9.17) is 34.4 Å². The second-order valence-corrected chi connectivity index (χ2v) is 20.3. The highest BCUT2D eigenvalue weighted by atomic mass is 16.2. The number of benzene rings is 4. The minimum atomic E-state index is -1.31. The average Bonchev–Trinajstić information content (AvgIpc) is 3.47. The molecule has 0 bridgehead atoms. The van der Waals surface area contributed by atoms with Gasteiger partial charge in [0.1, 0.15) is 42.3 Å². The molecule has 81 heavy (non-hydrogen) atoms. The number of nitrogens with one attached hydrogen (secondary N) is 7. The number of unbranched alkanes of at least 4 members (excludes halogenated alkanes) is 4. The van der Waals surface area contributed by atoms with E-state index >= 15 is 0 Å². The summed E-state index contributed by atoms with van der Waals surface area (Å²) in [6, 6.07) is 26.7. The van der Waals surface area contributed by atoms with Crippen molar-refractivity contribution in [2.45, 2.75) is 151 Å². The van der Waals surface area contributed by atoms with E-state index in [0.29, 0.717) is 94.2 Å². The number of hydrogen-bond acceptors (Lipinski definition) is 13. The summed E-state index contributed by atoms with van der Waals surface area (Å²) in [5.41, 5.74) is 38.1. The van der Waals surface area contributed by atoms with E-state index in [2.05, 4.69) is 37.2 Å². The largest absolute Gasteiger partial charge is 0.368 e. The lowest BCUT2D eigenvalue weighted by molar-refractivity contribution is -0.136. The SMILES string of the molecule is NCCCC[C@H](NC(=O)[C@H](Cc1ccccc1)NC(=O)[C@H](CCCCN)NC(=O)[C@H](Cc1ccccc1)NC(=O)[C@H](CCCCN)NC(=O)[C@H](Cc1ccccc1)NC(=O)[C@H](CCCCN)NC(=O)[C@@H](N)Cc1ccccc1)C(N)=O. The molecule has 0 aliphatic carbocycles. The summed E-state index contributed by atoms with van der Waals surface area (Å²) < 4.78 is 0. The first-order valence-electron chi connectivity index (χ1n) is 28.3. The Morgan fingerprint density at radius 2 is 0.519 bits per heavy atom. The van der Waals surface area contributed by atoms with Gasteiger partial charge in [-0.1, -0.05) is 121 Å². The van der Waals surface area contributed by atoms with Crippen LogP contribution in [0.2, 0.25) is 0 Å². The van der Waals surface area contributed by atoms with Crippen LogP contribution in [0.3, 0.4) is 0 Å². The van der Waals surface area contributed by atoms with Crippen LogP contribution in [0.5, 0.6) is 0 Å². The van der Waals surface area contributed by atoms with Crippen LogP contribution in [-0.4, -0.2) is 122 Å². The monoisotopic (exact) mass is 1120 g/mol. The Hall–Kier alpha value is -7.56. The number of primary amides is 1. The normalized spacial score (nSPS) is 14.0. The molecule has 21 nitrogen and oxygen atoms in total. The van der Waals surface area contributed by atoms with Crippen LogP contribution in [0.15, 0.2) is 121 Å². The zero-order valence-corrected chi connectivity index (χ0v) is 46.5. The summed E-state index contributed by atoms with van der Waals surface area (Å²) in [6.07, 6.45) is 4.85. The van der Waals surface area contributed by atoms with Crippen LogP contribution in [0.4, 0.5) is 0 Å². The summed E-state index contributed by atoms with van der Waals surface area (Å²) in [5, 5.41) is 19.7. The van der Waals surface area contributed by atoms with Crippen molar-refractivity contribution in [1.82, 2.24) is 37.2 Å². The Labute approximate surface area is 476 Å². The van der Waals surface area contributed by atoms with Crippen molar-refractivity contribution in [2.75, 3.05) is 26.2 Å². The molecule has 0 aliphatic heterocycles. The molecule has 0 saturated heterocycles. The van der Waals surface area contributed by atoms with Gasteiger partial charge in [-0.05, 0) is 132 Å². The van der Waals surface area contributed by atoms with Gasteiger partial charge in [-0.3, -0.25) is 38.4 Å². The van der Waals surface area contributed by atoms with Crippen molar-refractivity contribution in [2.24, 2.45) is 34.4 Å². The van der Waals surface area contributed by atoms with E-state index in [0.717, 1.165) is 5.56 Å². The Morgan fingerprint density at radius 1 is 0.296 bits per heavy atom. The quantitative estimate of drug-likeness (QED) is 0.0274. The Balaban J connectivity index is 1.63. The molecule has 0 aromatic heterocycles. The zero-order chi connectivity index (χ0) is 58.8. The molecule has 21 heteroatoms. The van der Waals surface area contributed by atoms with Crippen LogP contribution in [0.25, 0.3) is 0 Å². The summed E-state index contributed by atoms with van der Waals surface area (Å²) in [4.78, 5) is 113. The van der Waals surface area contributed by atoms with E-state index < -0.39 is 95.6 Å². The van der Waals surface area contributed by atoms with Crippen molar-refractivity contribution in [3.63, 3.8) is 0 Å². The van der Waals surface area contributed by atoms with Gasteiger partial charge in [0.15, 0.2) is 0 Å². The highest BCUT2D eigenvalue weighted by Gasteiger charge is 2.35. The first-order valence-corrected chi connectivity index (χ1v) is 28.3. The van der Waals surface area contributed by atoms with E-state index in [1.54, 1.807) is 78.9 Å². The first-order chi connectivity index (χ1) is 39.1. The molecule has 0 spiro atoms. The van der Waals surface area contributed by atoms with Crippen molar-refractivity contribution in [3.05, 3.63) is 144 Å². The predicted molar refractivity (Wildman–Crippen MR) is 313 cm³/mol. The molecule has 440 valence electrons. The van der Waals surface area contributed by atoms with Crippen LogP contribution < -0.4 is 71.6 Å². The highest BCUT2D eigenvalue weighted by molar-refractivity contribution is 5.98. The van der Waals surface area contributed by atoms with Gasteiger partial charge in [0, 0.05) is 19.3 Å². The fraction of sp³-hybridized carbons (Fsp3) is 0.467. The van der Waals surface area contributed by atoms with Crippen molar-refractivity contribution >= 4 is 47.3 Å². The van der Waals surface area contributed by atoms with Crippen molar-refractivity contribution in [1.29, 1.82) is 0 Å². The van der Waals surface area contributed by atoms with Gasteiger partial charge >= 0.3 is 0 Å². The Bertz CT molecular complexity index is 2530. The minimum Gasteiger partial charge on any atom is -0.368 e. The molecule has 0 unspecified atom stereocenters. The highest BCUT2D eigenvalue weighted by Crippen LogP contribution is 2.13. The molecule has 0 radical (unpaired) electrons.